The molecule has 0 aromatic carbocycles. The molecule has 0 saturated carbocycles. The summed E-state index contributed by atoms with van der Waals surface area (Å²) in [5.41, 5.74) is 1.35. The van der Waals surface area contributed by atoms with Crippen molar-refractivity contribution in [3.8, 4) is 0 Å². The van der Waals surface area contributed by atoms with Crippen LogP contribution in [0.4, 0.5) is 0 Å². The standard InChI is InChI=1S/C20H40O5Si2/c1-14(2)26(15(3)4)22-13-20-19(12-18(23-20)10-9-11-21)24-27(25-26,16(5)6)17(7)8/h11,14-20H,9-10,12-13H2,1-8H3/t18-,19+,20+/m0/s1. The Morgan fingerprint density at radius 1 is 0.889 bits per heavy atom. The number of aldehydes is 1. The van der Waals surface area contributed by atoms with Gasteiger partial charge in [-0.05, 0) is 28.6 Å². The third-order valence-electron chi connectivity index (χ3n) is 6.23. The molecule has 2 rings (SSSR count). The van der Waals surface area contributed by atoms with Crippen molar-refractivity contribution in [2.45, 2.75) is 115 Å². The molecule has 2 aliphatic heterocycles. The van der Waals surface area contributed by atoms with Crippen molar-refractivity contribution in [2.24, 2.45) is 0 Å². The van der Waals surface area contributed by atoms with E-state index in [2.05, 4.69) is 55.4 Å². The molecule has 2 saturated heterocycles. The highest BCUT2D eigenvalue weighted by atomic mass is 28.5. The number of carbonyl (C=O) groups is 1. The summed E-state index contributed by atoms with van der Waals surface area (Å²) in [7, 11) is -5.03. The smallest absolute Gasteiger partial charge is 0.335 e. The van der Waals surface area contributed by atoms with Crippen LogP contribution in [0, 0.1) is 0 Å². The van der Waals surface area contributed by atoms with Gasteiger partial charge in [-0.3, -0.25) is 0 Å². The van der Waals surface area contributed by atoms with Crippen molar-refractivity contribution in [1.82, 2.24) is 0 Å². The molecule has 5 nitrogen and oxygen atoms in total. The van der Waals surface area contributed by atoms with Crippen molar-refractivity contribution in [3.63, 3.8) is 0 Å². The van der Waals surface area contributed by atoms with Crippen molar-refractivity contribution in [2.75, 3.05) is 6.61 Å². The van der Waals surface area contributed by atoms with E-state index < -0.39 is 17.1 Å². The van der Waals surface area contributed by atoms with Crippen LogP contribution in [0.5, 0.6) is 0 Å². The lowest BCUT2D eigenvalue weighted by Crippen LogP contribution is -2.65. The second kappa shape index (κ2) is 9.18. The van der Waals surface area contributed by atoms with E-state index in [9.17, 15) is 4.79 Å². The summed E-state index contributed by atoms with van der Waals surface area (Å²) >= 11 is 0. The van der Waals surface area contributed by atoms with Gasteiger partial charge in [0, 0.05) is 12.8 Å². The molecule has 158 valence electrons. The van der Waals surface area contributed by atoms with Gasteiger partial charge in [0.25, 0.3) is 0 Å². The molecule has 0 N–H and O–H groups in total. The Morgan fingerprint density at radius 2 is 1.44 bits per heavy atom. The summed E-state index contributed by atoms with van der Waals surface area (Å²) in [4.78, 5) is 10.8. The van der Waals surface area contributed by atoms with Crippen LogP contribution in [0.2, 0.25) is 22.2 Å². The molecule has 3 atom stereocenters. The minimum Gasteiger partial charge on any atom is -0.414 e. The normalized spacial score (nSPS) is 30.6. The number of hydrogen-bond acceptors (Lipinski definition) is 5. The molecule has 7 heteroatoms. The molecular weight excluding hydrogens is 376 g/mol. The van der Waals surface area contributed by atoms with Gasteiger partial charge >= 0.3 is 17.1 Å². The maximum absolute atomic E-state index is 10.8. The van der Waals surface area contributed by atoms with Crippen LogP contribution in [0.3, 0.4) is 0 Å². The van der Waals surface area contributed by atoms with Crippen LogP contribution in [-0.2, 0) is 22.5 Å². The van der Waals surface area contributed by atoms with Crippen LogP contribution < -0.4 is 0 Å². The average Bonchev–Trinajstić information content (AvgIpc) is 2.93. The Balaban J connectivity index is 2.41. The fourth-order valence-electron chi connectivity index (χ4n) is 4.67. The molecule has 2 heterocycles. The highest BCUT2D eigenvalue weighted by Gasteiger charge is 2.59. The lowest BCUT2D eigenvalue weighted by atomic mass is 10.1. The second-order valence-corrected chi connectivity index (χ2v) is 18.3. The second-order valence-electron chi connectivity index (χ2n) is 9.41. The van der Waals surface area contributed by atoms with E-state index in [1.165, 1.54) is 0 Å². The van der Waals surface area contributed by atoms with Gasteiger partial charge in [-0.25, -0.2) is 0 Å². The van der Waals surface area contributed by atoms with Crippen LogP contribution in [0.25, 0.3) is 0 Å². The fraction of sp³-hybridized carbons (Fsp3) is 0.950. The summed E-state index contributed by atoms with van der Waals surface area (Å²) in [6.07, 6.45) is 3.12. The third kappa shape index (κ3) is 4.59. The first-order valence-electron chi connectivity index (χ1n) is 10.7. The molecule has 0 amide bonds. The predicted octanol–water partition coefficient (Wildman–Crippen LogP) is 5.08. The van der Waals surface area contributed by atoms with E-state index in [1.807, 2.05) is 0 Å². The summed E-state index contributed by atoms with van der Waals surface area (Å²) in [5.74, 6) is 0. The summed E-state index contributed by atoms with van der Waals surface area (Å²) < 4.78 is 27.1. The minimum atomic E-state index is -2.54. The molecule has 0 spiro atoms. The number of rotatable bonds is 7. The van der Waals surface area contributed by atoms with Gasteiger partial charge in [-0.2, -0.15) is 0 Å². The number of carbonyl (C=O) groups excluding carboxylic acids is 1. The van der Waals surface area contributed by atoms with Crippen molar-refractivity contribution in [3.05, 3.63) is 0 Å². The Kier molecular flexibility index (Phi) is 7.89. The zero-order valence-corrected chi connectivity index (χ0v) is 20.5. The lowest BCUT2D eigenvalue weighted by molar-refractivity contribution is -0.108. The van der Waals surface area contributed by atoms with Crippen molar-refractivity contribution in [1.29, 1.82) is 0 Å². The maximum Gasteiger partial charge on any atom is 0.335 e. The SMILES string of the molecule is CC(C)[Si]1(C(C)C)OC[C@H]2O[C@@H](CCC=O)C[C@H]2O[Si](C(C)C)(C(C)C)O1. The molecule has 2 fully saturated rings. The van der Waals surface area contributed by atoms with E-state index >= 15 is 0 Å². The quantitative estimate of drug-likeness (QED) is 0.428. The van der Waals surface area contributed by atoms with Gasteiger partial charge in [0.1, 0.15) is 12.4 Å². The first-order valence-corrected chi connectivity index (χ1v) is 14.6. The van der Waals surface area contributed by atoms with Crippen LogP contribution in [-0.4, -0.2) is 48.3 Å². The third-order valence-corrected chi connectivity index (χ3v) is 16.5. The number of fused-ring (bicyclic) bond motifs is 1. The van der Waals surface area contributed by atoms with Crippen molar-refractivity contribution >= 4 is 23.4 Å². The van der Waals surface area contributed by atoms with Gasteiger partial charge < -0.3 is 22.5 Å². The van der Waals surface area contributed by atoms with E-state index in [1.54, 1.807) is 0 Å². The first-order chi connectivity index (χ1) is 12.6. The van der Waals surface area contributed by atoms with E-state index in [0.717, 1.165) is 19.1 Å². The zero-order valence-electron chi connectivity index (χ0n) is 18.5. The molecule has 0 bridgehead atoms. The van der Waals surface area contributed by atoms with Crippen LogP contribution >= 0.6 is 0 Å². The Hall–Kier alpha value is -0.0562. The predicted molar refractivity (Wildman–Crippen MR) is 112 cm³/mol. The minimum absolute atomic E-state index is 0.00411. The Labute approximate surface area is 168 Å². The Bertz CT molecular complexity index is 479. The molecule has 2 aliphatic rings. The maximum atomic E-state index is 10.8. The van der Waals surface area contributed by atoms with Gasteiger partial charge in [-0.1, -0.05) is 55.4 Å². The van der Waals surface area contributed by atoms with Crippen LogP contribution in [0.15, 0.2) is 0 Å². The average molecular weight is 417 g/mol. The summed E-state index contributed by atoms with van der Waals surface area (Å²) in [6.45, 7) is 18.4. The molecule has 0 aliphatic carbocycles. The van der Waals surface area contributed by atoms with E-state index in [-0.39, 0.29) is 18.3 Å². The van der Waals surface area contributed by atoms with Crippen molar-refractivity contribution < 1.29 is 22.5 Å². The van der Waals surface area contributed by atoms with Gasteiger partial charge in [-0.15, -0.1) is 0 Å². The highest BCUT2D eigenvalue weighted by molar-refractivity contribution is 6.83. The summed E-state index contributed by atoms with van der Waals surface area (Å²) in [5, 5.41) is 0. The lowest BCUT2D eigenvalue weighted by Gasteiger charge is -2.51. The number of hydrogen-bond donors (Lipinski definition) is 0. The Morgan fingerprint density at radius 3 is 1.93 bits per heavy atom. The van der Waals surface area contributed by atoms with Gasteiger partial charge in [0.05, 0.1) is 18.8 Å². The molecule has 0 unspecified atom stereocenters. The fourth-order valence-corrected chi connectivity index (χ4v) is 15.9. The molecular formula is C20H40O5Si2. The van der Waals surface area contributed by atoms with E-state index in [0.29, 0.717) is 35.2 Å². The number of ether oxygens (including phenoxy) is 1. The summed E-state index contributed by atoms with van der Waals surface area (Å²) in [6, 6.07) is 0. The first kappa shape index (κ1) is 23.2. The van der Waals surface area contributed by atoms with E-state index in [4.69, 9.17) is 17.7 Å². The molecule has 0 radical (unpaired) electrons. The molecule has 0 aromatic rings. The van der Waals surface area contributed by atoms with Gasteiger partial charge in [0.2, 0.25) is 0 Å². The zero-order chi connectivity index (χ0) is 20.4. The highest BCUT2D eigenvalue weighted by Crippen LogP contribution is 2.47. The molecule has 0 aromatic heterocycles. The van der Waals surface area contributed by atoms with Crippen LogP contribution in [0.1, 0.15) is 74.7 Å². The topological polar surface area (TPSA) is 54.0 Å². The molecule has 27 heavy (non-hydrogen) atoms. The van der Waals surface area contributed by atoms with Gasteiger partial charge in [0.15, 0.2) is 0 Å². The largest absolute Gasteiger partial charge is 0.414 e. The monoisotopic (exact) mass is 416 g/mol.